The maximum Gasteiger partial charge on any atom is 0.271 e. The quantitative estimate of drug-likeness (QED) is 0.379. The van der Waals surface area contributed by atoms with Crippen LogP contribution in [0.3, 0.4) is 0 Å². The van der Waals surface area contributed by atoms with Crippen molar-refractivity contribution in [1.82, 2.24) is 0 Å². The Morgan fingerprint density at radius 1 is 1.00 bits per heavy atom. The second-order valence-corrected chi connectivity index (χ2v) is 5.49. The van der Waals surface area contributed by atoms with E-state index in [1.165, 1.54) is 17.5 Å². The molecule has 0 bridgehead atoms. The number of aliphatic imine (C=N–C) groups is 1. The molecule has 0 unspecified atom stereocenters. The normalized spacial score (nSPS) is 11.7. The summed E-state index contributed by atoms with van der Waals surface area (Å²) in [4.78, 5) is 15.1. The largest absolute Gasteiger partial charge is 0.271 e. The zero-order valence-corrected chi connectivity index (χ0v) is 13.0. The van der Waals surface area contributed by atoms with Gasteiger partial charge in [0.15, 0.2) is 0 Å². The van der Waals surface area contributed by atoms with Crippen molar-refractivity contribution in [2.45, 2.75) is 13.8 Å². The van der Waals surface area contributed by atoms with E-state index in [-0.39, 0.29) is 5.69 Å². The van der Waals surface area contributed by atoms with Gasteiger partial charge in [0.2, 0.25) is 0 Å². The zero-order chi connectivity index (χ0) is 16.4. The van der Waals surface area contributed by atoms with Crippen molar-refractivity contribution in [3.8, 4) is 0 Å². The third kappa shape index (κ3) is 3.11. The van der Waals surface area contributed by atoms with E-state index >= 15 is 0 Å². The van der Waals surface area contributed by atoms with E-state index in [1.54, 1.807) is 6.07 Å². The van der Waals surface area contributed by atoms with Crippen LogP contribution in [0.25, 0.3) is 10.8 Å². The molecule has 0 saturated carbocycles. The van der Waals surface area contributed by atoms with Gasteiger partial charge < -0.3 is 0 Å². The molecule has 0 amide bonds. The van der Waals surface area contributed by atoms with E-state index in [9.17, 15) is 10.1 Å². The van der Waals surface area contributed by atoms with E-state index < -0.39 is 4.92 Å². The van der Waals surface area contributed by atoms with Gasteiger partial charge in [-0.25, -0.2) is 0 Å². The Labute approximate surface area is 134 Å². The number of hydrogen-bond acceptors (Lipinski definition) is 3. The average Bonchev–Trinajstić information content (AvgIpc) is 2.56. The molecular weight excluding hydrogens is 288 g/mol. The monoisotopic (exact) mass is 304 g/mol. The van der Waals surface area contributed by atoms with E-state index in [0.717, 1.165) is 22.2 Å². The van der Waals surface area contributed by atoms with Crippen molar-refractivity contribution in [3.63, 3.8) is 0 Å². The highest BCUT2D eigenvalue weighted by atomic mass is 16.6. The van der Waals surface area contributed by atoms with Gasteiger partial charge in [0.25, 0.3) is 5.69 Å². The van der Waals surface area contributed by atoms with Gasteiger partial charge >= 0.3 is 0 Å². The maximum absolute atomic E-state index is 10.9. The lowest BCUT2D eigenvalue weighted by Gasteiger charge is -2.06. The van der Waals surface area contributed by atoms with Gasteiger partial charge in [-0.2, -0.15) is 0 Å². The predicted molar refractivity (Wildman–Crippen MR) is 93.7 cm³/mol. The minimum atomic E-state index is -0.399. The summed E-state index contributed by atoms with van der Waals surface area (Å²) in [6.45, 7) is 3.82. The maximum atomic E-state index is 10.9. The van der Waals surface area contributed by atoms with E-state index in [0.29, 0.717) is 5.69 Å². The van der Waals surface area contributed by atoms with Gasteiger partial charge in [0, 0.05) is 17.8 Å². The van der Waals surface area contributed by atoms with Crippen LogP contribution < -0.4 is 0 Å². The molecule has 0 aromatic heterocycles. The number of nitro benzene ring substituents is 1. The molecule has 0 heterocycles. The number of fused-ring (bicyclic) bond motifs is 1. The lowest BCUT2D eigenvalue weighted by Crippen LogP contribution is -1.95. The Kier molecular flexibility index (Phi) is 3.89. The predicted octanol–water partition coefficient (Wildman–Crippen LogP) is 5.20. The molecule has 4 nitrogen and oxygen atoms in total. The minimum Gasteiger partial charge on any atom is -0.258 e. The Morgan fingerprint density at radius 2 is 1.74 bits per heavy atom. The van der Waals surface area contributed by atoms with Crippen LogP contribution in [-0.4, -0.2) is 10.6 Å². The van der Waals surface area contributed by atoms with Crippen LogP contribution in [0.5, 0.6) is 0 Å². The molecule has 0 aliphatic heterocycles. The molecule has 0 saturated heterocycles. The van der Waals surface area contributed by atoms with Crippen LogP contribution in [0.15, 0.2) is 65.7 Å². The van der Waals surface area contributed by atoms with E-state index in [1.807, 2.05) is 32.0 Å². The highest BCUT2D eigenvalue weighted by molar-refractivity contribution is 6.03. The summed E-state index contributed by atoms with van der Waals surface area (Å²) in [6.07, 6.45) is 0. The Bertz CT molecular complexity index is 930. The summed E-state index contributed by atoms with van der Waals surface area (Å²) in [7, 11) is 0. The fourth-order valence-electron chi connectivity index (χ4n) is 2.49. The molecule has 0 atom stereocenters. The summed E-state index contributed by atoms with van der Waals surface area (Å²) >= 11 is 0. The van der Waals surface area contributed by atoms with Crippen LogP contribution in [0.2, 0.25) is 0 Å². The smallest absolute Gasteiger partial charge is 0.258 e. The van der Waals surface area contributed by atoms with Crippen molar-refractivity contribution >= 4 is 27.9 Å². The minimum absolute atomic E-state index is 0.0562. The zero-order valence-electron chi connectivity index (χ0n) is 13.0. The first kappa shape index (κ1) is 14.9. The topological polar surface area (TPSA) is 55.5 Å². The molecule has 0 spiro atoms. The highest BCUT2D eigenvalue weighted by Crippen LogP contribution is 2.26. The van der Waals surface area contributed by atoms with Gasteiger partial charge in [0.1, 0.15) is 0 Å². The Balaban J connectivity index is 2.04. The van der Waals surface area contributed by atoms with Gasteiger partial charge in [-0.15, -0.1) is 0 Å². The molecule has 3 aromatic carbocycles. The molecule has 23 heavy (non-hydrogen) atoms. The number of rotatable bonds is 3. The average molecular weight is 304 g/mol. The molecule has 0 aliphatic carbocycles. The van der Waals surface area contributed by atoms with Crippen molar-refractivity contribution in [2.24, 2.45) is 4.99 Å². The summed E-state index contributed by atoms with van der Waals surface area (Å²) in [5.41, 5.74) is 3.44. The van der Waals surface area contributed by atoms with Crippen LogP contribution >= 0.6 is 0 Å². The van der Waals surface area contributed by atoms with Crippen LogP contribution in [-0.2, 0) is 0 Å². The number of benzene rings is 3. The van der Waals surface area contributed by atoms with Gasteiger partial charge in [-0.3, -0.25) is 15.1 Å². The molecule has 114 valence electrons. The van der Waals surface area contributed by atoms with Gasteiger partial charge in [0.05, 0.1) is 10.6 Å². The summed E-state index contributed by atoms with van der Waals surface area (Å²) in [6, 6.07) is 19.0. The van der Waals surface area contributed by atoms with Crippen molar-refractivity contribution in [1.29, 1.82) is 0 Å². The molecule has 0 radical (unpaired) electrons. The summed E-state index contributed by atoms with van der Waals surface area (Å²) < 4.78 is 0. The Morgan fingerprint density at radius 3 is 2.48 bits per heavy atom. The fourth-order valence-corrected chi connectivity index (χ4v) is 2.49. The standard InChI is InChI=1S/C19H16N2O2/c1-13-7-10-18(21(22)23)12-19(13)20-14(2)16-9-8-15-5-3-4-6-17(15)11-16/h3-12H,1-2H3. The third-order valence-electron chi connectivity index (χ3n) is 3.86. The number of nitro groups is 1. The lowest BCUT2D eigenvalue weighted by atomic mass is 10.0. The van der Waals surface area contributed by atoms with Crippen molar-refractivity contribution in [3.05, 3.63) is 81.9 Å². The first-order valence-electron chi connectivity index (χ1n) is 7.34. The first-order valence-corrected chi connectivity index (χ1v) is 7.34. The number of nitrogens with zero attached hydrogens (tertiary/aromatic N) is 2. The Hall–Kier alpha value is -3.01. The SMILES string of the molecule is CC(=Nc1cc([N+](=O)[O-])ccc1C)c1ccc2ccccc2c1. The first-order chi connectivity index (χ1) is 11.0. The lowest BCUT2D eigenvalue weighted by molar-refractivity contribution is -0.384. The molecule has 3 rings (SSSR count). The highest BCUT2D eigenvalue weighted by Gasteiger charge is 2.09. The molecule has 0 N–H and O–H groups in total. The van der Waals surface area contributed by atoms with Crippen molar-refractivity contribution < 1.29 is 4.92 Å². The van der Waals surface area contributed by atoms with E-state index in [2.05, 4.69) is 29.3 Å². The summed E-state index contributed by atoms with van der Waals surface area (Å²) in [5.74, 6) is 0. The molecule has 4 heteroatoms. The fraction of sp³-hybridized carbons (Fsp3) is 0.105. The number of aryl methyl sites for hydroxylation is 1. The second-order valence-electron chi connectivity index (χ2n) is 5.49. The van der Waals surface area contributed by atoms with Gasteiger partial charge in [-0.1, -0.05) is 42.5 Å². The summed E-state index contributed by atoms with van der Waals surface area (Å²) in [5, 5.41) is 13.2. The molecule has 0 fully saturated rings. The van der Waals surface area contributed by atoms with E-state index in [4.69, 9.17) is 0 Å². The van der Waals surface area contributed by atoms with Crippen LogP contribution in [0.1, 0.15) is 18.1 Å². The van der Waals surface area contributed by atoms with Crippen molar-refractivity contribution in [2.75, 3.05) is 0 Å². The number of hydrogen-bond donors (Lipinski definition) is 0. The molecular formula is C19H16N2O2. The van der Waals surface area contributed by atoms with Gasteiger partial charge in [-0.05, 0) is 41.8 Å². The molecule has 3 aromatic rings. The van der Waals surface area contributed by atoms with Crippen LogP contribution in [0.4, 0.5) is 11.4 Å². The molecule has 0 aliphatic rings. The number of non-ortho nitro benzene ring substituents is 1. The van der Waals surface area contributed by atoms with Crippen LogP contribution in [0, 0.1) is 17.0 Å². The second kappa shape index (κ2) is 6.01. The third-order valence-corrected chi connectivity index (χ3v) is 3.86.